The number of nitrogens with zero attached hydrogens (tertiary/aromatic N) is 2. The number of rotatable bonds is 6. The summed E-state index contributed by atoms with van der Waals surface area (Å²) < 4.78 is 11.6. The minimum atomic E-state index is -0.628. The molecule has 0 aromatic heterocycles. The molecule has 0 bridgehead atoms. The Kier molecular flexibility index (Phi) is 6.59. The smallest absolute Gasteiger partial charge is 0.338 e. The third-order valence-electron chi connectivity index (χ3n) is 4.06. The van der Waals surface area contributed by atoms with E-state index in [1.807, 2.05) is 12.1 Å². The van der Waals surface area contributed by atoms with Crippen LogP contribution in [0.4, 0.5) is 0 Å². The van der Waals surface area contributed by atoms with E-state index in [1.54, 1.807) is 42.5 Å². The summed E-state index contributed by atoms with van der Waals surface area (Å²) in [5, 5.41) is 18.0. The number of halogens is 1. The molecule has 0 fully saturated rings. The highest BCUT2D eigenvalue weighted by molar-refractivity contribution is 9.10. The molecule has 6 nitrogen and oxygen atoms in total. The molecule has 0 saturated heterocycles. The summed E-state index contributed by atoms with van der Waals surface area (Å²) in [5.41, 5.74) is 1.20. The van der Waals surface area contributed by atoms with E-state index in [-0.39, 0.29) is 29.1 Å². The van der Waals surface area contributed by atoms with Gasteiger partial charge in [0.05, 0.1) is 16.7 Å². The quantitative estimate of drug-likeness (QED) is 0.377. The number of ketones is 1. The number of hydrogen-bond acceptors (Lipinski definition) is 6. The molecule has 0 saturated carbocycles. The predicted molar refractivity (Wildman–Crippen MR) is 111 cm³/mol. The number of Topliss-reactive ketones (excluding diaryl/α,β-unsaturated/α-hetero) is 1. The van der Waals surface area contributed by atoms with Crippen LogP contribution in [0.25, 0.3) is 0 Å². The van der Waals surface area contributed by atoms with Crippen molar-refractivity contribution in [2.75, 3.05) is 6.61 Å². The standard InChI is InChI=1S/C23H13BrN2O4/c24-19-6-1-15(2-7-19)22(27)14-29-23(28)16-3-8-20(9-4-16)30-21-10-5-17(12-25)18(11-21)13-26/h1-11H,14H2. The van der Waals surface area contributed by atoms with Gasteiger partial charge in [-0.1, -0.05) is 28.1 Å². The molecular formula is C23H13BrN2O4. The van der Waals surface area contributed by atoms with Crippen molar-refractivity contribution in [3.63, 3.8) is 0 Å². The molecule has 3 rings (SSSR count). The van der Waals surface area contributed by atoms with Gasteiger partial charge in [-0.05, 0) is 54.6 Å². The number of nitriles is 2. The Morgan fingerprint density at radius 3 is 2.03 bits per heavy atom. The third-order valence-corrected chi connectivity index (χ3v) is 4.59. The maximum atomic E-state index is 12.2. The number of ether oxygens (including phenoxy) is 2. The van der Waals surface area contributed by atoms with Gasteiger partial charge < -0.3 is 9.47 Å². The van der Waals surface area contributed by atoms with Crippen LogP contribution < -0.4 is 4.74 Å². The van der Waals surface area contributed by atoms with Crippen LogP contribution in [0, 0.1) is 22.7 Å². The van der Waals surface area contributed by atoms with Gasteiger partial charge in [0.25, 0.3) is 0 Å². The van der Waals surface area contributed by atoms with Crippen molar-refractivity contribution in [2.45, 2.75) is 0 Å². The van der Waals surface area contributed by atoms with E-state index in [0.29, 0.717) is 17.1 Å². The van der Waals surface area contributed by atoms with Crippen molar-refractivity contribution in [1.82, 2.24) is 0 Å². The first-order chi connectivity index (χ1) is 14.5. The molecule has 3 aromatic carbocycles. The fourth-order valence-electron chi connectivity index (χ4n) is 2.51. The largest absolute Gasteiger partial charge is 0.457 e. The van der Waals surface area contributed by atoms with Crippen LogP contribution in [0.5, 0.6) is 11.5 Å². The first-order valence-corrected chi connectivity index (χ1v) is 9.47. The fourth-order valence-corrected chi connectivity index (χ4v) is 2.77. The number of carbonyl (C=O) groups excluding carboxylic acids is 2. The lowest BCUT2D eigenvalue weighted by Crippen LogP contribution is -2.14. The molecule has 0 atom stereocenters. The lowest BCUT2D eigenvalue weighted by Gasteiger charge is -2.08. The van der Waals surface area contributed by atoms with Gasteiger partial charge in [0, 0.05) is 10.0 Å². The molecule has 0 N–H and O–H groups in total. The van der Waals surface area contributed by atoms with Gasteiger partial charge >= 0.3 is 5.97 Å². The van der Waals surface area contributed by atoms with Gasteiger partial charge in [0.15, 0.2) is 12.4 Å². The summed E-state index contributed by atoms with van der Waals surface area (Å²) in [6.07, 6.45) is 0. The maximum absolute atomic E-state index is 12.2. The van der Waals surface area contributed by atoms with E-state index >= 15 is 0 Å². The van der Waals surface area contributed by atoms with Gasteiger partial charge in [-0.2, -0.15) is 10.5 Å². The lowest BCUT2D eigenvalue weighted by atomic mass is 10.1. The number of benzene rings is 3. The SMILES string of the molecule is N#Cc1ccc(Oc2ccc(C(=O)OCC(=O)c3ccc(Br)cc3)cc2)cc1C#N. The summed E-state index contributed by atoms with van der Waals surface area (Å²) >= 11 is 3.29. The zero-order valence-corrected chi connectivity index (χ0v) is 17.0. The van der Waals surface area contributed by atoms with Crippen molar-refractivity contribution < 1.29 is 19.1 Å². The van der Waals surface area contributed by atoms with Crippen molar-refractivity contribution in [2.24, 2.45) is 0 Å². The van der Waals surface area contributed by atoms with Gasteiger partial charge in [-0.25, -0.2) is 4.79 Å². The molecule has 0 heterocycles. The highest BCUT2D eigenvalue weighted by Crippen LogP contribution is 2.24. The Balaban J connectivity index is 1.60. The zero-order chi connectivity index (χ0) is 21.5. The molecule has 30 heavy (non-hydrogen) atoms. The number of hydrogen-bond donors (Lipinski definition) is 0. The molecule has 0 amide bonds. The topological polar surface area (TPSA) is 100 Å². The Bertz CT molecular complexity index is 1170. The Labute approximate surface area is 181 Å². The van der Waals surface area contributed by atoms with E-state index in [4.69, 9.17) is 20.0 Å². The van der Waals surface area contributed by atoms with Crippen LogP contribution >= 0.6 is 15.9 Å². The predicted octanol–water partition coefficient (Wildman–Crippen LogP) is 5.02. The third kappa shape index (κ3) is 5.11. The molecule has 0 unspecified atom stereocenters. The molecular weight excluding hydrogens is 448 g/mol. The Morgan fingerprint density at radius 1 is 0.800 bits per heavy atom. The highest BCUT2D eigenvalue weighted by Gasteiger charge is 2.12. The van der Waals surface area contributed by atoms with E-state index in [1.165, 1.54) is 24.3 Å². The summed E-state index contributed by atoms with van der Waals surface area (Å²) in [6, 6.07) is 21.3. The number of esters is 1. The van der Waals surface area contributed by atoms with Crippen LogP contribution in [0.3, 0.4) is 0 Å². The molecule has 0 spiro atoms. The van der Waals surface area contributed by atoms with Gasteiger partial charge in [0.1, 0.15) is 23.6 Å². The zero-order valence-electron chi connectivity index (χ0n) is 15.5. The monoisotopic (exact) mass is 460 g/mol. The first kappa shape index (κ1) is 20.8. The number of carbonyl (C=O) groups is 2. The second-order valence-corrected chi connectivity index (χ2v) is 6.98. The van der Waals surface area contributed by atoms with Crippen LogP contribution in [0.1, 0.15) is 31.8 Å². The van der Waals surface area contributed by atoms with Gasteiger partial charge in [0.2, 0.25) is 0 Å². The minimum Gasteiger partial charge on any atom is -0.457 e. The first-order valence-electron chi connectivity index (χ1n) is 8.68. The lowest BCUT2D eigenvalue weighted by molar-refractivity contribution is 0.0474. The van der Waals surface area contributed by atoms with Crippen molar-refractivity contribution in [1.29, 1.82) is 10.5 Å². The van der Waals surface area contributed by atoms with Gasteiger partial charge in [-0.15, -0.1) is 0 Å². The highest BCUT2D eigenvalue weighted by atomic mass is 79.9. The molecule has 7 heteroatoms. The fraction of sp³-hybridized carbons (Fsp3) is 0.0435. The van der Waals surface area contributed by atoms with E-state index in [9.17, 15) is 9.59 Å². The molecule has 3 aromatic rings. The molecule has 0 aliphatic carbocycles. The summed E-state index contributed by atoms with van der Waals surface area (Å²) in [4.78, 5) is 24.3. The molecule has 0 aliphatic rings. The molecule has 146 valence electrons. The van der Waals surface area contributed by atoms with E-state index in [0.717, 1.165) is 4.47 Å². The van der Waals surface area contributed by atoms with Crippen molar-refractivity contribution >= 4 is 27.7 Å². The second-order valence-electron chi connectivity index (χ2n) is 6.06. The van der Waals surface area contributed by atoms with Crippen LogP contribution in [0.2, 0.25) is 0 Å². The molecule has 0 radical (unpaired) electrons. The van der Waals surface area contributed by atoms with Crippen molar-refractivity contribution in [3.05, 3.63) is 93.5 Å². The molecule has 0 aliphatic heterocycles. The summed E-state index contributed by atoms with van der Waals surface area (Å²) in [7, 11) is 0. The summed E-state index contributed by atoms with van der Waals surface area (Å²) in [6.45, 7) is -0.360. The second kappa shape index (κ2) is 9.51. The maximum Gasteiger partial charge on any atom is 0.338 e. The van der Waals surface area contributed by atoms with Crippen LogP contribution in [0.15, 0.2) is 71.2 Å². The van der Waals surface area contributed by atoms with E-state index in [2.05, 4.69) is 15.9 Å². The van der Waals surface area contributed by atoms with Gasteiger partial charge in [-0.3, -0.25) is 4.79 Å². The van der Waals surface area contributed by atoms with Crippen LogP contribution in [-0.4, -0.2) is 18.4 Å². The van der Waals surface area contributed by atoms with E-state index < -0.39 is 5.97 Å². The van der Waals surface area contributed by atoms with Crippen molar-refractivity contribution in [3.8, 4) is 23.6 Å². The Hall–Kier alpha value is -3.94. The average molecular weight is 461 g/mol. The Morgan fingerprint density at radius 2 is 1.40 bits per heavy atom. The van der Waals surface area contributed by atoms with Crippen LogP contribution in [-0.2, 0) is 4.74 Å². The average Bonchev–Trinajstić information content (AvgIpc) is 2.78. The minimum absolute atomic E-state index is 0.214. The normalized spacial score (nSPS) is 9.83. The summed E-state index contributed by atoms with van der Waals surface area (Å²) in [5.74, 6) is -0.103.